The van der Waals surface area contributed by atoms with Crippen molar-refractivity contribution in [1.82, 2.24) is 10.4 Å². The Balaban J connectivity index is 1.69. The predicted molar refractivity (Wildman–Crippen MR) is 116 cm³/mol. The predicted octanol–water partition coefficient (Wildman–Crippen LogP) is 4.49. The van der Waals surface area contributed by atoms with Gasteiger partial charge >= 0.3 is 5.97 Å². The fraction of sp³-hybridized carbons (Fsp3) is 0.0476. The summed E-state index contributed by atoms with van der Waals surface area (Å²) in [7, 11) is 1.45. The topological polar surface area (TPSA) is 89.9 Å². The molecule has 9 heteroatoms. The van der Waals surface area contributed by atoms with Crippen LogP contribution < -0.4 is 14.9 Å². The van der Waals surface area contributed by atoms with Gasteiger partial charge in [0, 0.05) is 16.9 Å². The van der Waals surface area contributed by atoms with Crippen LogP contribution >= 0.6 is 27.5 Å². The second-order valence-corrected chi connectivity index (χ2v) is 7.19. The summed E-state index contributed by atoms with van der Waals surface area (Å²) < 4.78 is 11.4. The van der Waals surface area contributed by atoms with Crippen molar-refractivity contribution in [2.45, 2.75) is 0 Å². The van der Waals surface area contributed by atoms with E-state index >= 15 is 0 Å². The van der Waals surface area contributed by atoms with Crippen LogP contribution in [0.3, 0.4) is 0 Å². The highest BCUT2D eigenvalue weighted by atomic mass is 79.9. The van der Waals surface area contributed by atoms with Crippen molar-refractivity contribution in [3.63, 3.8) is 0 Å². The van der Waals surface area contributed by atoms with Crippen LogP contribution in [-0.4, -0.2) is 30.2 Å². The first-order valence-corrected chi connectivity index (χ1v) is 9.73. The molecule has 1 aromatic heterocycles. The highest BCUT2D eigenvalue weighted by molar-refractivity contribution is 9.10. The average molecular weight is 489 g/mol. The third-order valence-electron chi connectivity index (χ3n) is 3.83. The van der Waals surface area contributed by atoms with Crippen molar-refractivity contribution < 1.29 is 19.1 Å². The maximum Gasteiger partial charge on any atom is 0.345 e. The lowest BCUT2D eigenvalue weighted by Gasteiger charge is -2.10. The molecule has 0 fully saturated rings. The summed E-state index contributed by atoms with van der Waals surface area (Å²) in [5.74, 6) is -0.460. The fourth-order valence-corrected chi connectivity index (χ4v) is 2.97. The van der Waals surface area contributed by atoms with Gasteiger partial charge in [-0.05, 0) is 57.9 Å². The molecule has 3 aromatic rings. The van der Waals surface area contributed by atoms with Gasteiger partial charge in [0.15, 0.2) is 11.5 Å². The van der Waals surface area contributed by atoms with Gasteiger partial charge in [0.2, 0.25) is 0 Å². The SMILES string of the molecule is COc1cc(/C=N/NC(=O)c2cncc(Br)c2)ccc1OC(=O)c1ccccc1Cl. The third-order valence-corrected chi connectivity index (χ3v) is 4.59. The first-order chi connectivity index (χ1) is 14.5. The summed E-state index contributed by atoms with van der Waals surface area (Å²) in [5, 5.41) is 4.22. The summed E-state index contributed by atoms with van der Waals surface area (Å²) in [6.45, 7) is 0. The van der Waals surface area contributed by atoms with Gasteiger partial charge < -0.3 is 9.47 Å². The highest BCUT2D eigenvalue weighted by Crippen LogP contribution is 2.29. The van der Waals surface area contributed by atoms with E-state index in [2.05, 4.69) is 31.4 Å². The Morgan fingerprint density at radius 2 is 1.93 bits per heavy atom. The molecule has 1 amide bonds. The molecule has 0 spiro atoms. The number of benzene rings is 2. The number of nitrogens with zero attached hydrogens (tertiary/aromatic N) is 2. The standard InChI is InChI=1S/C21H15BrClN3O4/c1-29-19-8-13(10-25-26-20(27)14-9-15(22)12-24-11-14)6-7-18(19)30-21(28)16-4-2-3-5-17(16)23/h2-12H,1H3,(H,26,27)/b25-10+. The number of pyridine rings is 1. The second-order valence-electron chi connectivity index (χ2n) is 5.87. The Labute approximate surface area is 185 Å². The van der Waals surface area contributed by atoms with Gasteiger partial charge in [0.25, 0.3) is 5.91 Å². The van der Waals surface area contributed by atoms with Crippen molar-refractivity contribution in [1.29, 1.82) is 0 Å². The molecular formula is C21H15BrClN3O4. The third kappa shape index (κ3) is 5.43. The number of hydrogen-bond acceptors (Lipinski definition) is 6. The molecule has 0 aliphatic heterocycles. The van der Waals surface area contributed by atoms with Gasteiger partial charge in [-0.1, -0.05) is 23.7 Å². The molecule has 0 radical (unpaired) electrons. The number of aromatic nitrogens is 1. The number of methoxy groups -OCH3 is 1. The molecule has 0 unspecified atom stereocenters. The second kappa shape index (κ2) is 10.00. The largest absolute Gasteiger partial charge is 0.493 e. The van der Waals surface area contributed by atoms with Crippen molar-refractivity contribution in [2.24, 2.45) is 5.10 Å². The number of carbonyl (C=O) groups is 2. The minimum absolute atomic E-state index is 0.226. The zero-order valence-electron chi connectivity index (χ0n) is 15.6. The van der Waals surface area contributed by atoms with Gasteiger partial charge in [0.05, 0.1) is 29.5 Å². The van der Waals surface area contributed by atoms with Crippen LogP contribution in [0.4, 0.5) is 0 Å². The van der Waals surface area contributed by atoms with Gasteiger partial charge in [-0.2, -0.15) is 5.10 Å². The summed E-state index contributed by atoms with van der Waals surface area (Å²) in [6.07, 6.45) is 4.44. The summed E-state index contributed by atoms with van der Waals surface area (Å²) in [5.41, 5.74) is 3.65. The number of carbonyl (C=O) groups excluding carboxylic acids is 2. The van der Waals surface area contributed by atoms with E-state index in [1.165, 1.54) is 19.5 Å². The van der Waals surface area contributed by atoms with Crippen LogP contribution in [0.1, 0.15) is 26.3 Å². The zero-order valence-corrected chi connectivity index (χ0v) is 18.0. The lowest BCUT2D eigenvalue weighted by molar-refractivity contribution is 0.0729. The summed E-state index contributed by atoms with van der Waals surface area (Å²) in [4.78, 5) is 28.3. The van der Waals surface area contributed by atoms with E-state index < -0.39 is 11.9 Å². The molecule has 0 aliphatic rings. The molecule has 0 saturated heterocycles. The normalized spacial score (nSPS) is 10.6. The number of halogens is 2. The van der Waals surface area contributed by atoms with Crippen LogP contribution in [0, 0.1) is 0 Å². The van der Waals surface area contributed by atoms with E-state index in [1.807, 2.05) is 0 Å². The van der Waals surface area contributed by atoms with Gasteiger partial charge in [-0.25, -0.2) is 10.2 Å². The van der Waals surface area contributed by atoms with E-state index in [0.29, 0.717) is 26.4 Å². The van der Waals surface area contributed by atoms with Crippen molar-refractivity contribution in [3.8, 4) is 11.5 Å². The van der Waals surface area contributed by atoms with E-state index in [9.17, 15) is 9.59 Å². The maximum atomic E-state index is 12.3. The average Bonchev–Trinajstić information content (AvgIpc) is 2.74. The number of esters is 1. The number of hydrogen-bond donors (Lipinski definition) is 1. The number of hydrazone groups is 1. The molecule has 0 saturated carbocycles. The molecule has 1 heterocycles. The number of amides is 1. The fourth-order valence-electron chi connectivity index (χ4n) is 2.40. The monoisotopic (exact) mass is 487 g/mol. The smallest absolute Gasteiger partial charge is 0.345 e. The molecule has 1 N–H and O–H groups in total. The Kier molecular flexibility index (Phi) is 7.16. The maximum absolute atomic E-state index is 12.3. The minimum atomic E-state index is -0.602. The summed E-state index contributed by atoms with van der Waals surface area (Å²) in [6, 6.07) is 13.1. The Hall–Kier alpha value is -3.23. The first kappa shape index (κ1) is 21.5. The zero-order chi connectivity index (χ0) is 21.5. The van der Waals surface area contributed by atoms with Crippen LogP contribution in [0.5, 0.6) is 11.5 Å². The molecular weight excluding hydrogens is 474 g/mol. The van der Waals surface area contributed by atoms with Crippen LogP contribution in [0.25, 0.3) is 0 Å². The van der Waals surface area contributed by atoms with Gasteiger partial charge in [0.1, 0.15) is 0 Å². The van der Waals surface area contributed by atoms with Crippen molar-refractivity contribution in [3.05, 3.63) is 87.1 Å². The molecule has 3 rings (SSSR count). The molecule has 0 atom stereocenters. The summed E-state index contributed by atoms with van der Waals surface area (Å²) >= 11 is 9.29. The minimum Gasteiger partial charge on any atom is -0.493 e. The molecule has 7 nitrogen and oxygen atoms in total. The van der Waals surface area contributed by atoms with Gasteiger partial charge in [-0.3, -0.25) is 9.78 Å². The Morgan fingerprint density at radius 3 is 2.67 bits per heavy atom. The number of ether oxygens (including phenoxy) is 2. The molecule has 2 aromatic carbocycles. The number of rotatable bonds is 6. The molecule has 152 valence electrons. The lowest BCUT2D eigenvalue weighted by atomic mass is 10.2. The van der Waals surface area contributed by atoms with E-state index in [1.54, 1.807) is 54.7 Å². The van der Waals surface area contributed by atoms with Crippen molar-refractivity contribution in [2.75, 3.05) is 7.11 Å². The van der Waals surface area contributed by atoms with Gasteiger partial charge in [-0.15, -0.1) is 0 Å². The number of nitrogens with one attached hydrogen (secondary N) is 1. The molecule has 0 aliphatic carbocycles. The lowest BCUT2D eigenvalue weighted by Crippen LogP contribution is -2.17. The van der Waals surface area contributed by atoms with Crippen molar-refractivity contribution >= 4 is 45.6 Å². The molecule has 0 bridgehead atoms. The molecule has 30 heavy (non-hydrogen) atoms. The van der Waals surface area contributed by atoms with E-state index in [-0.39, 0.29) is 11.3 Å². The van der Waals surface area contributed by atoms with E-state index in [0.717, 1.165) is 0 Å². The van der Waals surface area contributed by atoms with E-state index in [4.69, 9.17) is 21.1 Å². The highest BCUT2D eigenvalue weighted by Gasteiger charge is 2.15. The quantitative estimate of drug-likeness (QED) is 0.239. The van der Waals surface area contributed by atoms with Crippen LogP contribution in [0.15, 0.2) is 70.5 Å². The van der Waals surface area contributed by atoms with Crippen LogP contribution in [0.2, 0.25) is 5.02 Å². The Morgan fingerprint density at radius 1 is 1.13 bits per heavy atom. The van der Waals surface area contributed by atoms with Crippen LogP contribution in [-0.2, 0) is 0 Å². The first-order valence-electron chi connectivity index (χ1n) is 8.56. The Bertz CT molecular complexity index is 1120.